The number of aromatic nitrogens is 5. The van der Waals surface area contributed by atoms with Crippen LogP contribution in [0, 0.1) is 0 Å². The lowest BCUT2D eigenvalue weighted by Gasteiger charge is -2.34. The monoisotopic (exact) mass is 335 g/mol. The number of piperazine rings is 1. The lowest BCUT2D eigenvalue weighted by molar-refractivity contribution is 0.383. The molecule has 0 spiro atoms. The van der Waals surface area contributed by atoms with E-state index in [1.165, 1.54) is 12.7 Å². The minimum Gasteiger partial charge on any atom is -0.354 e. The summed E-state index contributed by atoms with van der Waals surface area (Å²) in [6, 6.07) is 1.83. The van der Waals surface area contributed by atoms with Crippen molar-refractivity contribution in [3.8, 4) is 5.82 Å². The predicted octanol–water partition coefficient (Wildman–Crippen LogP) is -0.329. The van der Waals surface area contributed by atoms with Crippen LogP contribution in [0.25, 0.3) is 5.82 Å². The van der Waals surface area contributed by atoms with E-state index in [1.807, 2.05) is 6.07 Å². The van der Waals surface area contributed by atoms with Crippen LogP contribution < -0.4 is 4.90 Å². The SMILES string of the molecule is O=S(=O)(C1CC1)N1CCN(c2cc(-n3cncn3)ncn2)CC1. The molecule has 122 valence electrons. The molecule has 4 rings (SSSR count). The molecule has 1 aliphatic heterocycles. The van der Waals surface area contributed by atoms with Gasteiger partial charge in [-0.25, -0.2) is 28.1 Å². The van der Waals surface area contributed by atoms with Crippen LogP contribution in [0.1, 0.15) is 12.8 Å². The van der Waals surface area contributed by atoms with Gasteiger partial charge in [0.2, 0.25) is 10.0 Å². The van der Waals surface area contributed by atoms with Crippen molar-refractivity contribution in [2.45, 2.75) is 18.1 Å². The van der Waals surface area contributed by atoms with Crippen LogP contribution in [0.4, 0.5) is 5.82 Å². The topological polar surface area (TPSA) is 97.1 Å². The molecular formula is C13H17N7O2S. The van der Waals surface area contributed by atoms with Crippen LogP contribution in [-0.4, -0.2) is 68.9 Å². The van der Waals surface area contributed by atoms with Crippen molar-refractivity contribution in [1.82, 2.24) is 29.0 Å². The molecule has 2 aromatic rings. The first-order valence-corrected chi connectivity index (χ1v) is 9.06. The van der Waals surface area contributed by atoms with E-state index in [-0.39, 0.29) is 5.25 Å². The first-order chi connectivity index (χ1) is 11.1. The molecule has 0 atom stereocenters. The van der Waals surface area contributed by atoms with Crippen LogP contribution in [-0.2, 0) is 10.0 Å². The molecule has 2 aliphatic rings. The summed E-state index contributed by atoms with van der Waals surface area (Å²) in [6.07, 6.45) is 6.11. The molecule has 9 nitrogen and oxygen atoms in total. The summed E-state index contributed by atoms with van der Waals surface area (Å²) in [4.78, 5) is 14.4. The molecule has 10 heteroatoms. The Bertz CT molecular complexity index is 780. The Morgan fingerprint density at radius 1 is 1.00 bits per heavy atom. The van der Waals surface area contributed by atoms with Gasteiger partial charge in [-0.3, -0.25) is 0 Å². The van der Waals surface area contributed by atoms with Gasteiger partial charge in [0.25, 0.3) is 0 Å². The Balaban J connectivity index is 1.47. The first kappa shape index (κ1) is 14.5. The molecule has 2 fully saturated rings. The van der Waals surface area contributed by atoms with Gasteiger partial charge >= 0.3 is 0 Å². The van der Waals surface area contributed by atoms with Gasteiger partial charge in [0.05, 0.1) is 5.25 Å². The first-order valence-electron chi connectivity index (χ1n) is 7.55. The second-order valence-electron chi connectivity index (χ2n) is 5.70. The maximum atomic E-state index is 12.3. The minimum atomic E-state index is -3.09. The summed E-state index contributed by atoms with van der Waals surface area (Å²) in [5.74, 6) is 1.41. The standard InChI is InChI=1S/C13H17N7O2S/c21-23(22,11-1-2-11)19-5-3-18(4-6-19)12-7-13(16-9-15-12)20-10-14-8-17-20/h7-11H,1-6H2. The third-order valence-corrected chi connectivity index (χ3v) is 6.56. The summed E-state index contributed by atoms with van der Waals surface area (Å²) < 4.78 is 27.7. The summed E-state index contributed by atoms with van der Waals surface area (Å²) in [7, 11) is -3.09. The zero-order valence-corrected chi connectivity index (χ0v) is 13.3. The maximum Gasteiger partial charge on any atom is 0.217 e. The van der Waals surface area contributed by atoms with Crippen molar-refractivity contribution in [1.29, 1.82) is 0 Å². The summed E-state index contributed by atoms with van der Waals surface area (Å²) in [5, 5.41) is 3.91. The lowest BCUT2D eigenvalue weighted by Crippen LogP contribution is -2.49. The fourth-order valence-corrected chi connectivity index (χ4v) is 4.54. The average molecular weight is 335 g/mol. The Kier molecular flexibility index (Phi) is 3.49. The summed E-state index contributed by atoms with van der Waals surface area (Å²) in [5.41, 5.74) is 0. The number of sulfonamides is 1. The highest BCUT2D eigenvalue weighted by molar-refractivity contribution is 7.90. The average Bonchev–Trinajstić information content (AvgIpc) is 3.31. The van der Waals surface area contributed by atoms with Gasteiger partial charge in [-0.15, -0.1) is 0 Å². The normalized spacial score (nSPS) is 19.9. The van der Waals surface area contributed by atoms with Gasteiger partial charge in [0, 0.05) is 32.2 Å². The van der Waals surface area contributed by atoms with Crippen molar-refractivity contribution in [3.63, 3.8) is 0 Å². The van der Waals surface area contributed by atoms with Crippen LogP contribution in [0.5, 0.6) is 0 Å². The fraction of sp³-hybridized carbons (Fsp3) is 0.538. The van der Waals surface area contributed by atoms with Gasteiger partial charge in [0.15, 0.2) is 5.82 Å². The lowest BCUT2D eigenvalue weighted by atomic mass is 10.3. The number of nitrogens with zero attached hydrogens (tertiary/aromatic N) is 7. The van der Waals surface area contributed by atoms with Gasteiger partial charge in [0.1, 0.15) is 24.8 Å². The molecule has 1 aliphatic carbocycles. The molecule has 0 N–H and O–H groups in total. The van der Waals surface area contributed by atoms with Crippen LogP contribution in [0.3, 0.4) is 0 Å². The molecule has 0 unspecified atom stereocenters. The molecular weight excluding hydrogens is 318 g/mol. The zero-order valence-electron chi connectivity index (χ0n) is 12.5. The molecule has 3 heterocycles. The van der Waals surface area contributed by atoms with E-state index in [0.29, 0.717) is 32.0 Å². The largest absolute Gasteiger partial charge is 0.354 e. The van der Waals surface area contributed by atoms with Gasteiger partial charge < -0.3 is 4.90 Å². The van der Waals surface area contributed by atoms with E-state index >= 15 is 0 Å². The van der Waals surface area contributed by atoms with E-state index in [9.17, 15) is 8.42 Å². The molecule has 0 aromatic carbocycles. The predicted molar refractivity (Wildman–Crippen MR) is 82.7 cm³/mol. The summed E-state index contributed by atoms with van der Waals surface area (Å²) >= 11 is 0. The van der Waals surface area contributed by atoms with Crippen LogP contribution in [0.15, 0.2) is 25.0 Å². The number of hydrogen-bond donors (Lipinski definition) is 0. The van der Waals surface area contributed by atoms with Crippen LogP contribution in [0.2, 0.25) is 0 Å². The molecule has 1 saturated heterocycles. The van der Waals surface area contributed by atoms with E-state index in [2.05, 4.69) is 25.0 Å². The van der Waals surface area contributed by atoms with Gasteiger partial charge in [-0.2, -0.15) is 9.40 Å². The summed E-state index contributed by atoms with van der Waals surface area (Å²) in [6.45, 7) is 2.25. The highest BCUT2D eigenvalue weighted by atomic mass is 32.2. The molecule has 2 aromatic heterocycles. The Hall–Kier alpha value is -2.07. The van der Waals surface area contributed by atoms with E-state index < -0.39 is 10.0 Å². The third kappa shape index (κ3) is 2.79. The zero-order chi connectivity index (χ0) is 15.9. The number of anilines is 1. The quantitative estimate of drug-likeness (QED) is 0.755. The van der Waals surface area contributed by atoms with Crippen molar-refractivity contribution in [2.75, 3.05) is 31.1 Å². The van der Waals surface area contributed by atoms with Crippen molar-refractivity contribution < 1.29 is 8.42 Å². The van der Waals surface area contributed by atoms with Crippen molar-refractivity contribution in [2.24, 2.45) is 0 Å². The Labute approximate surface area is 134 Å². The van der Waals surface area contributed by atoms with E-state index in [0.717, 1.165) is 18.7 Å². The molecule has 0 bridgehead atoms. The Morgan fingerprint density at radius 3 is 2.39 bits per heavy atom. The van der Waals surface area contributed by atoms with E-state index in [4.69, 9.17) is 0 Å². The van der Waals surface area contributed by atoms with Gasteiger partial charge in [-0.1, -0.05) is 0 Å². The highest BCUT2D eigenvalue weighted by Crippen LogP contribution is 2.31. The van der Waals surface area contributed by atoms with Crippen molar-refractivity contribution >= 4 is 15.8 Å². The molecule has 23 heavy (non-hydrogen) atoms. The smallest absolute Gasteiger partial charge is 0.217 e. The molecule has 1 saturated carbocycles. The van der Waals surface area contributed by atoms with Gasteiger partial charge in [-0.05, 0) is 12.8 Å². The molecule has 0 amide bonds. The maximum absolute atomic E-state index is 12.3. The molecule has 0 radical (unpaired) electrons. The minimum absolute atomic E-state index is 0.146. The Morgan fingerprint density at radius 2 is 1.74 bits per heavy atom. The fourth-order valence-electron chi connectivity index (χ4n) is 2.71. The van der Waals surface area contributed by atoms with Crippen molar-refractivity contribution in [3.05, 3.63) is 25.0 Å². The van der Waals surface area contributed by atoms with E-state index in [1.54, 1.807) is 15.3 Å². The number of rotatable bonds is 4. The third-order valence-electron chi connectivity index (χ3n) is 4.16. The second kappa shape index (κ2) is 5.53. The highest BCUT2D eigenvalue weighted by Gasteiger charge is 2.41. The number of hydrogen-bond acceptors (Lipinski definition) is 7. The second-order valence-corrected chi connectivity index (χ2v) is 7.92. The van der Waals surface area contributed by atoms with Crippen LogP contribution >= 0.6 is 0 Å².